The van der Waals surface area contributed by atoms with E-state index in [9.17, 15) is 0 Å². The summed E-state index contributed by atoms with van der Waals surface area (Å²) in [5.74, 6) is 1.20. The molecule has 0 spiro atoms. The molecule has 68 valence electrons. The third-order valence-electron chi connectivity index (χ3n) is 1.89. The van der Waals surface area contributed by atoms with Crippen molar-refractivity contribution in [1.29, 1.82) is 0 Å². The van der Waals surface area contributed by atoms with Crippen LogP contribution in [0, 0.1) is 0 Å². The van der Waals surface area contributed by atoms with E-state index in [0.29, 0.717) is 11.6 Å². The Hall–Kier alpha value is -1.58. The SMILES string of the molecule is CC(C)c1nc2ccc(N)cn2n1. The van der Waals surface area contributed by atoms with Gasteiger partial charge in [-0.3, -0.25) is 0 Å². The Labute approximate surface area is 76.4 Å². The van der Waals surface area contributed by atoms with Gasteiger partial charge in [0.25, 0.3) is 0 Å². The molecule has 0 aliphatic heterocycles. The first-order valence-electron chi connectivity index (χ1n) is 4.28. The Morgan fingerprint density at radius 1 is 1.38 bits per heavy atom. The van der Waals surface area contributed by atoms with Crippen molar-refractivity contribution in [2.75, 3.05) is 5.73 Å². The lowest BCUT2D eigenvalue weighted by atomic mass is 10.2. The van der Waals surface area contributed by atoms with E-state index in [2.05, 4.69) is 23.9 Å². The summed E-state index contributed by atoms with van der Waals surface area (Å²) in [6.07, 6.45) is 1.77. The molecule has 0 aliphatic rings. The second kappa shape index (κ2) is 2.73. The Balaban J connectivity index is 2.62. The Morgan fingerprint density at radius 2 is 2.15 bits per heavy atom. The Morgan fingerprint density at radius 3 is 2.85 bits per heavy atom. The van der Waals surface area contributed by atoms with Crippen molar-refractivity contribution in [2.45, 2.75) is 19.8 Å². The summed E-state index contributed by atoms with van der Waals surface area (Å²) in [7, 11) is 0. The molecule has 0 saturated carbocycles. The topological polar surface area (TPSA) is 56.2 Å². The predicted octanol–water partition coefficient (Wildman–Crippen LogP) is 1.43. The second-order valence-electron chi connectivity index (χ2n) is 3.39. The van der Waals surface area contributed by atoms with E-state index in [1.54, 1.807) is 10.7 Å². The number of nitrogens with zero attached hydrogens (tertiary/aromatic N) is 3. The minimum absolute atomic E-state index is 0.348. The number of hydrogen-bond acceptors (Lipinski definition) is 3. The van der Waals surface area contributed by atoms with E-state index < -0.39 is 0 Å². The van der Waals surface area contributed by atoms with Gasteiger partial charge in [0.15, 0.2) is 11.5 Å². The minimum Gasteiger partial charge on any atom is -0.397 e. The molecular weight excluding hydrogens is 164 g/mol. The lowest BCUT2D eigenvalue weighted by Gasteiger charge is -1.93. The number of aromatic nitrogens is 3. The van der Waals surface area contributed by atoms with Crippen LogP contribution in [0.25, 0.3) is 5.65 Å². The van der Waals surface area contributed by atoms with Crippen LogP contribution in [-0.4, -0.2) is 14.6 Å². The van der Waals surface area contributed by atoms with Crippen molar-refractivity contribution in [3.05, 3.63) is 24.2 Å². The van der Waals surface area contributed by atoms with Gasteiger partial charge in [-0.25, -0.2) is 9.50 Å². The van der Waals surface area contributed by atoms with Crippen molar-refractivity contribution in [3.8, 4) is 0 Å². The molecule has 2 aromatic heterocycles. The maximum absolute atomic E-state index is 5.62. The van der Waals surface area contributed by atoms with Crippen molar-refractivity contribution in [1.82, 2.24) is 14.6 Å². The molecule has 0 bridgehead atoms. The Kier molecular flexibility index (Phi) is 1.69. The smallest absolute Gasteiger partial charge is 0.155 e. The molecule has 4 nitrogen and oxygen atoms in total. The average molecular weight is 176 g/mol. The molecule has 0 atom stereocenters. The lowest BCUT2D eigenvalue weighted by Crippen LogP contribution is -1.93. The summed E-state index contributed by atoms with van der Waals surface area (Å²) in [6.45, 7) is 4.14. The average Bonchev–Trinajstić information content (AvgIpc) is 2.46. The van der Waals surface area contributed by atoms with Crippen molar-refractivity contribution >= 4 is 11.3 Å². The van der Waals surface area contributed by atoms with Gasteiger partial charge in [0.1, 0.15) is 0 Å². The van der Waals surface area contributed by atoms with E-state index in [-0.39, 0.29) is 0 Å². The molecule has 0 fully saturated rings. The van der Waals surface area contributed by atoms with E-state index in [1.165, 1.54) is 0 Å². The predicted molar refractivity (Wildman–Crippen MR) is 51.5 cm³/mol. The van der Waals surface area contributed by atoms with Crippen molar-refractivity contribution in [3.63, 3.8) is 0 Å². The highest BCUT2D eigenvalue weighted by Gasteiger charge is 2.06. The Bertz CT molecular complexity index is 430. The highest BCUT2D eigenvalue weighted by molar-refractivity contribution is 5.46. The zero-order valence-corrected chi connectivity index (χ0v) is 7.73. The minimum atomic E-state index is 0.348. The van der Waals surface area contributed by atoms with Gasteiger partial charge in [-0.1, -0.05) is 13.8 Å². The summed E-state index contributed by atoms with van der Waals surface area (Å²) in [5.41, 5.74) is 7.17. The van der Waals surface area contributed by atoms with E-state index in [1.807, 2.05) is 12.1 Å². The molecule has 0 amide bonds. The molecule has 0 saturated heterocycles. The third kappa shape index (κ3) is 1.35. The monoisotopic (exact) mass is 176 g/mol. The van der Waals surface area contributed by atoms with Gasteiger partial charge < -0.3 is 5.73 Å². The largest absolute Gasteiger partial charge is 0.397 e. The molecule has 2 aromatic rings. The van der Waals surface area contributed by atoms with Gasteiger partial charge in [0.05, 0.1) is 11.9 Å². The molecule has 2 N–H and O–H groups in total. The third-order valence-corrected chi connectivity index (χ3v) is 1.89. The maximum Gasteiger partial charge on any atom is 0.155 e. The van der Waals surface area contributed by atoms with E-state index in [0.717, 1.165) is 11.5 Å². The second-order valence-corrected chi connectivity index (χ2v) is 3.39. The number of nitrogen functional groups attached to an aromatic ring is 1. The molecule has 0 aromatic carbocycles. The highest BCUT2D eigenvalue weighted by atomic mass is 15.3. The fourth-order valence-electron chi connectivity index (χ4n) is 1.16. The van der Waals surface area contributed by atoms with Crippen LogP contribution >= 0.6 is 0 Å². The molecule has 0 radical (unpaired) electrons. The zero-order valence-electron chi connectivity index (χ0n) is 7.73. The molecule has 13 heavy (non-hydrogen) atoms. The summed E-state index contributed by atoms with van der Waals surface area (Å²) in [6, 6.07) is 3.70. The van der Waals surface area contributed by atoms with Crippen LogP contribution in [0.3, 0.4) is 0 Å². The molecular formula is C9H12N4. The van der Waals surface area contributed by atoms with Gasteiger partial charge >= 0.3 is 0 Å². The van der Waals surface area contributed by atoms with Crippen molar-refractivity contribution in [2.24, 2.45) is 0 Å². The first-order chi connectivity index (χ1) is 6.16. The molecule has 0 unspecified atom stereocenters. The number of anilines is 1. The van der Waals surface area contributed by atoms with Crippen LogP contribution in [0.2, 0.25) is 0 Å². The van der Waals surface area contributed by atoms with E-state index >= 15 is 0 Å². The number of fused-ring (bicyclic) bond motifs is 1. The van der Waals surface area contributed by atoms with Crippen LogP contribution in [0.5, 0.6) is 0 Å². The lowest BCUT2D eigenvalue weighted by molar-refractivity contribution is 0.765. The zero-order chi connectivity index (χ0) is 9.42. The summed E-state index contributed by atoms with van der Waals surface area (Å²) < 4.78 is 1.71. The number of rotatable bonds is 1. The molecule has 2 rings (SSSR count). The van der Waals surface area contributed by atoms with Crippen LogP contribution in [-0.2, 0) is 0 Å². The number of nitrogens with two attached hydrogens (primary N) is 1. The van der Waals surface area contributed by atoms with Crippen LogP contribution < -0.4 is 5.73 Å². The van der Waals surface area contributed by atoms with Gasteiger partial charge in [-0.05, 0) is 12.1 Å². The fourth-order valence-corrected chi connectivity index (χ4v) is 1.16. The maximum atomic E-state index is 5.62. The van der Waals surface area contributed by atoms with Crippen molar-refractivity contribution < 1.29 is 0 Å². The normalized spacial score (nSPS) is 11.3. The van der Waals surface area contributed by atoms with Gasteiger partial charge in [-0.15, -0.1) is 0 Å². The van der Waals surface area contributed by atoms with Gasteiger partial charge in [0, 0.05) is 5.92 Å². The first kappa shape index (κ1) is 8.04. The number of hydrogen-bond donors (Lipinski definition) is 1. The van der Waals surface area contributed by atoms with Crippen LogP contribution in [0.4, 0.5) is 5.69 Å². The summed E-state index contributed by atoms with van der Waals surface area (Å²) in [5, 5.41) is 4.30. The number of pyridine rings is 1. The molecule has 4 heteroatoms. The quantitative estimate of drug-likeness (QED) is 0.715. The van der Waals surface area contributed by atoms with Gasteiger partial charge in [-0.2, -0.15) is 5.10 Å². The molecule has 2 heterocycles. The fraction of sp³-hybridized carbons (Fsp3) is 0.333. The standard InChI is InChI=1S/C9H12N4/c1-6(2)9-11-8-4-3-7(10)5-13(8)12-9/h3-6H,10H2,1-2H3. The summed E-state index contributed by atoms with van der Waals surface area (Å²) in [4.78, 5) is 4.35. The van der Waals surface area contributed by atoms with Crippen LogP contribution in [0.15, 0.2) is 18.3 Å². The first-order valence-corrected chi connectivity index (χ1v) is 4.28. The summed E-state index contributed by atoms with van der Waals surface area (Å²) >= 11 is 0. The molecule has 0 aliphatic carbocycles. The van der Waals surface area contributed by atoms with Gasteiger partial charge in [0.2, 0.25) is 0 Å². The highest BCUT2D eigenvalue weighted by Crippen LogP contribution is 2.12. The van der Waals surface area contributed by atoms with E-state index in [4.69, 9.17) is 5.73 Å². The van der Waals surface area contributed by atoms with Crippen LogP contribution in [0.1, 0.15) is 25.6 Å².